The molecule has 0 spiro atoms. The van der Waals surface area contributed by atoms with E-state index in [2.05, 4.69) is 20.1 Å². The smallest absolute Gasteiger partial charge is 0.173 e. The number of Topliss-reactive ketones (excluding diaryl/α,β-unsaturated/α-hetero) is 2. The van der Waals surface area contributed by atoms with Crippen molar-refractivity contribution >= 4 is 36.4 Å². The van der Waals surface area contributed by atoms with Gasteiger partial charge in [0.1, 0.15) is 22.9 Å². The van der Waals surface area contributed by atoms with Crippen molar-refractivity contribution in [3.8, 4) is 22.5 Å². The fourth-order valence-electron chi connectivity index (χ4n) is 7.62. The summed E-state index contributed by atoms with van der Waals surface area (Å²) < 4.78 is 10.9. The van der Waals surface area contributed by atoms with Gasteiger partial charge in [-0.3, -0.25) is 9.59 Å². The number of nitrogens with zero attached hydrogens (tertiary/aromatic N) is 4. The van der Waals surface area contributed by atoms with Crippen LogP contribution in [0.4, 0.5) is 0 Å². The minimum atomic E-state index is 0. The van der Waals surface area contributed by atoms with E-state index in [1.54, 1.807) is 0 Å². The van der Waals surface area contributed by atoms with Crippen molar-refractivity contribution < 1.29 is 24.1 Å². The number of aromatic nitrogens is 2. The maximum absolute atomic E-state index is 13.0. The van der Waals surface area contributed by atoms with Crippen molar-refractivity contribution in [1.29, 1.82) is 0 Å². The minimum absolute atomic E-state index is 0. The van der Waals surface area contributed by atoms with Crippen molar-refractivity contribution in [2.45, 2.75) is 64.2 Å². The normalized spacial score (nSPS) is 20.7. The molecular weight excluding hydrogens is 663 g/mol. The van der Waals surface area contributed by atoms with E-state index in [9.17, 15) is 9.59 Å². The molecule has 2 N–H and O–H groups in total. The highest BCUT2D eigenvalue weighted by atomic mass is 35.5. The summed E-state index contributed by atoms with van der Waals surface area (Å²) in [6.07, 6.45) is 11.1. The molecule has 2 aromatic carbocycles. The summed E-state index contributed by atoms with van der Waals surface area (Å²) in [5.41, 5.74) is 4.81. The van der Waals surface area contributed by atoms with Gasteiger partial charge in [0.15, 0.2) is 11.6 Å². The molecule has 4 aliphatic rings. The zero-order valence-electron chi connectivity index (χ0n) is 28.0. The second kappa shape index (κ2) is 18.1. The van der Waals surface area contributed by atoms with Crippen LogP contribution in [-0.4, -0.2) is 76.4 Å². The number of piperidine rings is 2. The van der Waals surface area contributed by atoms with Crippen LogP contribution in [0.2, 0.25) is 0 Å². The van der Waals surface area contributed by atoms with Crippen LogP contribution in [0.5, 0.6) is 0 Å². The van der Waals surface area contributed by atoms with E-state index >= 15 is 0 Å². The average Bonchev–Trinajstić information content (AvgIpc) is 3.75. The first-order valence-corrected chi connectivity index (χ1v) is 17.3. The largest absolute Gasteiger partial charge is 0.412 e. The summed E-state index contributed by atoms with van der Waals surface area (Å²) in [4.78, 5) is 30.9. The molecule has 2 saturated heterocycles. The van der Waals surface area contributed by atoms with Crippen molar-refractivity contribution in [2.24, 2.45) is 11.8 Å². The fourth-order valence-corrected chi connectivity index (χ4v) is 7.62. The summed E-state index contributed by atoms with van der Waals surface area (Å²) in [6, 6.07) is 19.8. The van der Waals surface area contributed by atoms with Gasteiger partial charge in [-0.1, -0.05) is 83.8 Å². The highest BCUT2D eigenvalue weighted by Gasteiger charge is 2.36. The molecule has 264 valence electrons. The molecule has 11 heteroatoms. The molecule has 8 rings (SSSR count). The van der Waals surface area contributed by atoms with E-state index in [0.717, 1.165) is 98.7 Å². The molecule has 0 bridgehead atoms. The summed E-state index contributed by atoms with van der Waals surface area (Å²) in [5, 5.41) is 8.38. The Morgan fingerprint density at radius 1 is 0.571 bits per heavy atom. The van der Waals surface area contributed by atoms with Gasteiger partial charge in [0, 0.05) is 48.9 Å². The van der Waals surface area contributed by atoms with Gasteiger partial charge < -0.3 is 24.3 Å². The Hall–Kier alpha value is -3.34. The van der Waals surface area contributed by atoms with E-state index in [-0.39, 0.29) is 53.7 Å². The molecule has 2 aliphatic carbocycles. The van der Waals surface area contributed by atoms with Gasteiger partial charge in [-0.25, -0.2) is 0 Å². The molecule has 2 fully saturated rings. The Morgan fingerprint density at radius 2 is 0.939 bits per heavy atom. The molecule has 2 atom stereocenters. The molecular formula is C38H48Cl2N4O5. The first-order chi connectivity index (χ1) is 22.7. The third-order valence-corrected chi connectivity index (χ3v) is 10.1. The number of fused-ring (bicyclic) bond motifs is 2. The Labute approximate surface area is 300 Å². The molecule has 2 aromatic heterocycles. The second-order valence-corrected chi connectivity index (χ2v) is 13.3. The molecule has 4 aromatic rings. The van der Waals surface area contributed by atoms with Crippen LogP contribution < -0.4 is 0 Å². The van der Waals surface area contributed by atoms with Crippen molar-refractivity contribution in [3.63, 3.8) is 0 Å². The number of halogens is 2. The highest BCUT2D eigenvalue weighted by Crippen LogP contribution is 2.35. The summed E-state index contributed by atoms with van der Waals surface area (Å²) >= 11 is 0. The first kappa shape index (κ1) is 38.5. The van der Waals surface area contributed by atoms with Gasteiger partial charge in [-0.05, 0) is 64.7 Å². The van der Waals surface area contributed by atoms with Gasteiger partial charge in [-0.15, -0.1) is 24.8 Å². The second-order valence-electron chi connectivity index (χ2n) is 13.3. The van der Waals surface area contributed by atoms with Crippen molar-refractivity contribution in [2.75, 3.05) is 39.3 Å². The lowest BCUT2D eigenvalue weighted by atomic mass is 9.84. The molecule has 49 heavy (non-hydrogen) atoms. The molecule has 0 radical (unpaired) electrons. The van der Waals surface area contributed by atoms with Crippen molar-refractivity contribution in [3.05, 3.63) is 83.3 Å². The summed E-state index contributed by atoms with van der Waals surface area (Å²) in [5.74, 6) is 2.14. The number of hydrogen-bond acceptors (Lipinski definition) is 8. The molecule has 2 unspecified atom stereocenters. The van der Waals surface area contributed by atoms with Crippen molar-refractivity contribution in [1.82, 2.24) is 20.1 Å². The van der Waals surface area contributed by atoms with E-state index in [1.807, 2.05) is 60.7 Å². The lowest BCUT2D eigenvalue weighted by Gasteiger charge is -2.31. The van der Waals surface area contributed by atoms with E-state index in [1.165, 1.54) is 38.5 Å². The zero-order chi connectivity index (χ0) is 31.3. The number of aryl methyl sites for hydroxylation is 2. The summed E-state index contributed by atoms with van der Waals surface area (Å²) in [7, 11) is 0. The van der Waals surface area contributed by atoms with Crippen LogP contribution >= 0.6 is 24.8 Å². The maximum atomic E-state index is 13.0. The standard InChI is InChI=1S/2C19H22N2O2.2ClH.H2O/c2*22-19-15(13-21-11-5-2-6-12-21)9-10-16-17(19)18(20-23-16)14-7-3-1-4-8-14;;;/h2*1,3-4,7-8,15H,2,5-6,9-13H2;2*1H;1H2. The average molecular weight is 712 g/mol. The number of carbonyl (C=O) groups excluding carboxylic acids is 2. The van der Waals surface area contributed by atoms with Crippen LogP contribution in [0.3, 0.4) is 0 Å². The SMILES string of the molecule is Cl.Cl.O.O=C1c2c(-c3ccccc3)noc2CCC1CN1CCCCC1.O=C1c2c(-c3ccccc3)noc2CCC1CN1CCCCC1. The Morgan fingerprint density at radius 3 is 1.31 bits per heavy atom. The first-order valence-electron chi connectivity index (χ1n) is 17.3. The quantitative estimate of drug-likeness (QED) is 0.206. The van der Waals surface area contributed by atoms with E-state index < -0.39 is 0 Å². The van der Waals surface area contributed by atoms with Crippen LogP contribution in [0, 0.1) is 11.8 Å². The third-order valence-electron chi connectivity index (χ3n) is 10.1. The predicted molar refractivity (Wildman–Crippen MR) is 195 cm³/mol. The summed E-state index contributed by atoms with van der Waals surface area (Å²) in [6.45, 7) is 6.30. The van der Waals surface area contributed by atoms with Gasteiger partial charge in [0.25, 0.3) is 0 Å². The number of carbonyl (C=O) groups is 2. The van der Waals surface area contributed by atoms with E-state index in [0.29, 0.717) is 11.4 Å². The van der Waals surface area contributed by atoms with Crippen LogP contribution in [0.25, 0.3) is 22.5 Å². The lowest BCUT2D eigenvalue weighted by molar-refractivity contribution is 0.0832. The molecule has 9 nitrogen and oxygen atoms in total. The lowest BCUT2D eigenvalue weighted by Crippen LogP contribution is -2.38. The van der Waals surface area contributed by atoms with Crippen LogP contribution in [0.15, 0.2) is 69.7 Å². The molecule has 0 saturated carbocycles. The topological polar surface area (TPSA) is 124 Å². The fraction of sp³-hybridized carbons (Fsp3) is 0.474. The number of likely N-dealkylation sites (tertiary alicyclic amines) is 2. The van der Waals surface area contributed by atoms with Crippen LogP contribution in [-0.2, 0) is 12.8 Å². The molecule has 2 aliphatic heterocycles. The number of rotatable bonds is 6. The molecule has 4 heterocycles. The number of hydrogen-bond donors (Lipinski definition) is 0. The number of ketones is 2. The highest BCUT2D eigenvalue weighted by molar-refractivity contribution is 6.05. The van der Waals surface area contributed by atoms with Gasteiger partial charge >= 0.3 is 0 Å². The monoisotopic (exact) mass is 710 g/mol. The van der Waals surface area contributed by atoms with Gasteiger partial charge in [0.05, 0.1) is 11.1 Å². The number of benzene rings is 2. The zero-order valence-corrected chi connectivity index (χ0v) is 29.6. The van der Waals surface area contributed by atoms with E-state index in [4.69, 9.17) is 9.05 Å². The van der Waals surface area contributed by atoms with Gasteiger partial charge in [0.2, 0.25) is 0 Å². The Kier molecular flexibility index (Phi) is 14.2. The Bertz CT molecular complexity index is 1510. The van der Waals surface area contributed by atoms with Crippen LogP contribution in [0.1, 0.15) is 83.6 Å². The Balaban J connectivity index is 0.000000208. The molecule has 0 amide bonds. The predicted octanol–water partition coefficient (Wildman–Crippen LogP) is 7.16. The third kappa shape index (κ3) is 8.70. The maximum Gasteiger partial charge on any atom is 0.173 e. The van der Waals surface area contributed by atoms with Gasteiger partial charge in [-0.2, -0.15) is 0 Å². The minimum Gasteiger partial charge on any atom is -0.412 e.